The Morgan fingerprint density at radius 1 is 1.21 bits per heavy atom. The molecule has 1 aromatic heterocycles. The number of hydrogen-bond acceptors (Lipinski definition) is 2. The van der Waals surface area contributed by atoms with Crippen LogP contribution in [0.25, 0.3) is 0 Å². The summed E-state index contributed by atoms with van der Waals surface area (Å²) >= 11 is 6.75. The first-order valence-corrected chi connectivity index (χ1v) is 7.32. The maximum atomic E-state index is 12.2. The Morgan fingerprint density at radius 3 is 2.58 bits per heavy atom. The van der Waals surface area contributed by atoms with E-state index in [2.05, 4.69) is 42.2 Å². The fraction of sp³-hybridized carbons (Fsp3) is 0.143. The van der Waals surface area contributed by atoms with Crippen LogP contribution in [0.15, 0.2) is 51.7 Å². The summed E-state index contributed by atoms with van der Waals surface area (Å²) in [6.07, 6.45) is 3.43. The quantitative estimate of drug-likeness (QED) is 0.866. The number of rotatable bonds is 3. The number of aromatic nitrogens is 1. The molecule has 0 aliphatic carbocycles. The van der Waals surface area contributed by atoms with Crippen LogP contribution < -0.4 is 5.32 Å². The van der Waals surface area contributed by atoms with Crippen LogP contribution in [0.3, 0.4) is 0 Å². The lowest BCUT2D eigenvalue weighted by atomic mass is 10.1. The highest BCUT2D eigenvalue weighted by Gasteiger charge is 2.14. The molecule has 1 N–H and O–H groups in total. The number of hydrogen-bond donors (Lipinski definition) is 1. The van der Waals surface area contributed by atoms with Gasteiger partial charge in [-0.15, -0.1) is 0 Å². The van der Waals surface area contributed by atoms with Crippen LogP contribution >= 0.6 is 31.9 Å². The Labute approximate surface area is 128 Å². The lowest BCUT2D eigenvalue weighted by Gasteiger charge is -2.15. The van der Waals surface area contributed by atoms with E-state index in [1.165, 1.54) is 0 Å². The molecule has 3 nitrogen and oxygen atoms in total. The zero-order valence-corrected chi connectivity index (χ0v) is 13.4. The fourth-order valence-electron chi connectivity index (χ4n) is 1.68. The summed E-state index contributed by atoms with van der Waals surface area (Å²) in [5.41, 5.74) is 1.63. The maximum Gasteiger partial charge on any atom is 0.252 e. The van der Waals surface area contributed by atoms with Crippen molar-refractivity contribution in [2.45, 2.75) is 13.0 Å². The van der Waals surface area contributed by atoms with Crippen molar-refractivity contribution in [2.75, 3.05) is 0 Å². The summed E-state index contributed by atoms with van der Waals surface area (Å²) in [5.74, 6) is -0.113. The van der Waals surface area contributed by atoms with E-state index in [1.54, 1.807) is 18.5 Å². The predicted octanol–water partition coefficient (Wildman–Crippen LogP) is 4.10. The Balaban J connectivity index is 2.15. The first-order valence-electron chi connectivity index (χ1n) is 5.74. The molecule has 2 aromatic rings. The third kappa shape index (κ3) is 3.64. The van der Waals surface area contributed by atoms with Crippen LogP contribution in [-0.4, -0.2) is 10.9 Å². The van der Waals surface area contributed by atoms with E-state index in [9.17, 15) is 4.79 Å². The van der Waals surface area contributed by atoms with Gasteiger partial charge in [-0.3, -0.25) is 9.78 Å². The minimum Gasteiger partial charge on any atom is -0.345 e. The first kappa shape index (κ1) is 14.2. The predicted molar refractivity (Wildman–Crippen MR) is 82.0 cm³/mol. The highest BCUT2D eigenvalue weighted by atomic mass is 79.9. The number of halogens is 2. The summed E-state index contributed by atoms with van der Waals surface area (Å²) < 4.78 is 1.65. The Hall–Kier alpha value is -1.20. The lowest BCUT2D eigenvalue weighted by molar-refractivity contribution is 0.0939. The zero-order valence-electron chi connectivity index (χ0n) is 10.2. The maximum absolute atomic E-state index is 12.2. The van der Waals surface area contributed by atoms with Crippen molar-refractivity contribution in [3.8, 4) is 0 Å². The SMILES string of the molecule is CC(NC(=O)c1cc(Br)ccc1Br)c1ccncc1. The number of amides is 1. The van der Waals surface area contributed by atoms with Gasteiger partial charge in [0.25, 0.3) is 5.91 Å². The van der Waals surface area contributed by atoms with Gasteiger partial charge < -0.3 is 5.32 Å². The molecule has 0 aliphatic heterocycles. The molecule has 0 fully saturated rings. The number of carbonyl (C=O) groups excluding carboxylic acids is 1. The van der Waals surface area contributed by atoms with Crippen LogP contribution in [0, 0.1) is 0 Å². The Kier molecular flexibility index (Phi) is 4.71. The minimum atomic E-state index is -0.113. The van der Waals surface area contributed by atoms with Gasteiger partial charge in [-0.25, -0.2) is 0 Å². The molecule has 1 aromatic carbocycles. The highest BCUT2D eigenvalue weighted by Crippen LogP contribution is 2.22. The summed E-state index contributed by atoms with van der Waals surface area (Å²) in [4.78, 5) is 16.2. The van der Waals surface area contributed by atoms with E-state index in [1.807, 2.05) is 31.2 Å². The van der Waals surface area contributed by atoms with Crippen molar-refractivity contribution in [1.29, 1.82) is 0 Å². The highest BCUT2D eigenvalue weighted by molar-refractivity contribution is 9.11. The van der Waals surface area contributed by atoms with Gasteiger partial charge in [-0.2, -0.15) is 0 Å². The second-order valence-corrected chi connectivity index (χ2v) is 5.87. The van der Waals surface area contributed by atoms with Crippen molar-refractivity contribution < 1.29 is 4.79 Å². The number of nitrogens with one attached hydrogen (secondary N) is 1. The van der Waals surface area contributed by atoms with Gasteiger partial charge in [0.2, 0.25) is 0 Å². The van der Waals surface area contributed by atoms with Crippen LogP contribution in [0.4, 0.5) is 0 Å². The van der Waals surface area contributed by atoms with Gasteiger partial charge in [0.05, 0.1) is 11.6 Å². The Morgan fingerprint density at radius 2 is 1.89 bits per heavy atom. The van der Waals surface area contributed by atoms with E-state index < -0.39 is 0 Å². The minimum absolute atomic E-state index is 0.0682. The molecule has 1 atom stereocenters. The number of pyridine rings is 1. The third-order valence-corrected chi connectivity index (χ3v) is 3.91. The molecule has 2 rings (SSSR count). The molecule has 19 heavy (non-hydrogen) atoms. The second kappa shape index (κ2) is 6.30. The van der Waals surface area contributed by atoms with Crippen molar-refractivity contribution in [2.24, 2.45) is 0 Å². The monoisotopic (exact) mass is 382 g/mol. The zero-order chi connectivity index (χ0) is 13.8. The molecule has 98 valence electrons. The summed E-state index contributed by atoms with van der Waals surface area (Å²) in [7, 11) is 0. The van der Waals surface area contributed by atoms with Crippen LogP contribution in [-0.2, 0) is 0 Å². The van der Waals surface area contributed by atoms with Gasteiger partial charge in [-0.05, 0) is 58.7 Å². The molecule has 0 saturated carbocycles. The van der Waals surface area contributed by atoms with Gasteiger partial charge in [0, 0.05) is 21.3 Å². The summed E-state index contributed by atoms with van der Waals surface area (Å²) in [5, 5.41) is 2.96. The molecule has 1 unspecified atom stereocenters. The fourth-order valence-corrected chi connectivity index (χ4v) is 2.47. The van der Waals surface area contributed by atoms with Crippen LogP contribution in [0.1, 0.15) is 28.9 Å². The molecule has 0 aliphatic rings. The normalized spacial score (nSPS) is 11.9. The van der Waals surface area contributed by atoms with E-state index in [-0.39, 0.29) is 11.9 Å². The average molecular weight is 384 g/mol. The van der Waals surface area contributed by atoms with Crippen molar-refractivity contribution in [3.05, 3.63) is 62.8 Å². The number of benzene rings is 1. The molecular weight excluding hydrogens is 372 g/mol. The molecule has 5 heteroatoms. The smallest absolute Gasteiger partial charge is 0.252 e. The van der Waals surface area contributed by atoms with Gasteiger partial charge in [0.15, 0.2) is 0 Å². The molecule has 1 heterocycles. The number of nitrogens with zero attached hydrogens (tertiary/aromatic N) is 1. The van der Waals surface area contributed by atoms with Crippen molar-refractivity contribution in [3.63, 3.8) is 0 Å². The second-order valence-electron chi connectivity index (χ2n) is 4.10. The summed E-state index contributed by atoms with van der Waals surface area (Å²) in [6.45, 7) is 1.94. The molecule has 0 radical (unpaired) electrons. The van der Waals surface area contributed by atoms with Gasteiger partial charge in [0.1, 0.15) is 0 Å². The summed E-state index contributed by atoms with van der Waals surface area (Å²) in [6, 6.07) is 9.23. The standard InChI is InChI=1S/C14H12Br2N2O/c1-9(10-4-6-17-7-5-10)18-14(19)12-8-11(15)2-3-13(12)16/h2-9H,1H3,(H,18,19). The topological polar surface area (TPSA) is 42.0 Å². The van der Waals surface area contributed by atoms with Crippen molar-refractivity contribution >= 4 is 37.8 Å². The van der Waals surface area contributed by atoms with Gasteiger partial charge in [-0.1, -0.05) is 15.9 Å². The van der Waals surface area contributed by atoms with E-state index in [4.69, 9.17) is 0 Å². The van der Waals surface area contributed by atoms with Crippen LogP contribution in [0.5, 0.6) is 0 Å². The molecule has 0 saturated heterocycles. The molecule has 1 amide bonds. The van der Waals surface area contributed by atoms with E-state index >= 15 is 0 Å². The Bertz CT molecular complexity index is 587. The van der Waals surface area contributed by atoms with E-state index in [0.29, 0.717) is 5.56 Å². The molecule has 0 bridgehead atoms. The molecular formula is C14H12Br2N2O. The lowest BCUT2D eigenvalue weighted by Crippen LogP contribution is -2.26. The van der Waals surface area contributed by atoms with Gasteiger partial charge >= 0.3 is 0 Å². The largest absolute Gasteiger partial charge is 0.345 e. The molecule has 0 spiro atoms. The third-order valence-electron chi connectivity index (χ3n) is 2.73. The first-order chi connectivity index (χ1) is 9.08. The average Bonchev–Trinajstić information content (AvgIpc) is 2.42. The van der Waals surface area contributed by atoms with E-state index in [0.717, 1.165) is 14.5 Å². The van der Waals surface area contributed by atoms with Crippen molar-refractivity contribution in [1.82, 2.24) is 10.3 Å². The van der Waals surface area contributed by atoms with Crippen LogP contribution in [0.2, 0.25) is 0 Å². The number of carbonyl (C=O) groups is 1.